The number of Topliss-reactive ketones (excluding diaryl/α,β-unsaturated/α-hetero) is 1. The molecule has 0 N–H and O–H groups in total. The number of halogens is 3. The minimum absolute atomic E-state index is 0.0927. The summed E-state index contributed by atoms with van der Waals surface area (Å²) in [6, 6.07) is 8.30. The van der Waals surface area contributed by atoms with E-state index < -0.39 is 28.4 Å². The molecule has 1 saturated heterocycles. The summed E-state index contributed by atoms with van der Waals surface area (Å²) in [5.74, 6) is -1.40. The first-order valence-corrected chi connectivity index (χ1v) is 11.3. The summed E-state index contributed by atoms with van der Waals surface area (Å²) >= 11 is 17.9. The maximum atomic E-state index is 12.9. The molecule has 0 unspecified atom stereocenters. The SMILES string of the molecule is O=C(COC(=O)c1cc(S(=O)(=O)N2CCOCC2)c(Cl)cc1Cl)c1ccc(Cl)cc1. The third-order valence-corrected chi connectivity index (χ3v) is 7.26. The van der Waals surface area contributed by atoms with E-state index in [-0.39, 0.29) is 46.8 Å². The standard InChI is InChI=1S/C19H16Cl3NO6S/c20-13-3-1-12(2-4-13)17(24)11-29-19(25)14-9-18(16(22)10-15(14)21)30(26,27)23-5-7-28-8-6-23/h1-4,9-10H,5-8,11H2. The number of hydrogen-bond donors (Lipinski definition) is 0. The molecule has 1 aliphatic heterocycles. The first-order valence-electron chi connectivity index (χ1n) is 8.73. The van der Waals surface area contributed by atoms with Crippen LogP contribution in [0.4, 0.5) is 0 Å². The highest BCUT2D eigenvalue weighted by Gasteiger charge is 2.30. The average Bonchev–Trinajstić information content (AvgIpc) is 2.72. The number of morpholine rings is 1. The predicted molar refractivity (Wildman–Crippen MR) is 112 cm³/mol. The molecule has 0 spiro atoms. The number of nitrogens with zero attached hydrogens (tertiary/aromatic N) is 1. The second-order valence-electron chi connectivity index (χ2n) is 6.29. The summed E-state index contributed by atoms with van der Waals surface area (Å²) in [5, 5.41) is 0.246. The van der Waals surface area contributed by atoms with Crippen LogP contribution in [0.1, 0.15) is 20.7 Å². The summed E-state index contributed by atoms with van der Waals surface area (Å²) in [5.41, 5.74) is 0.0989. The lowest BCUT2D eigenvalue weighted by molar-refractivity contribution is 0.0474. The zero-order valence-electron chi connectivity index (χ0n) is 15.4. The van der Waals surface area contributed by atoms with Crippen molar-refractivity contribution in [1.82, 2.24) is 4.31 Å². The fraction of sp³-hybridized carbons (Fsp3) is 0.263. The first-order chi connectivity index (χ1) is 14.2. The van der Waals surface area contributed by atoms with Gasteiger partial charge in [0.15, 0.2) is 12.4 Å². The number of hydrogen-bond acceptors (Lipinski definition) is 6. The van der Waals surface area contributed by atoms with Gasteiger partial charge in [-0.15, -0.1) is 0 Å². The summed E-state index contributed by atoms with van der Waals surface area (Å²) in [6.45, 7) is 0.288. The Labute approximate surface area is 188 Å². The molecular weight excluding hydrogens is 477 g/mol. The van der Waals surface area contributed by atoms with Gasteiger partial charge in [-0.25, -0.2) is 13.2 Å². The molecule has 2 aromatic rings. The van der Waals surface area contributed by atoms with Crippen molar-refractivity contribution in [3.05, 3.63) is 62.6 Å². The maximum Gasteiger partial charge on any atom is 0.340 e. The number of sulfonamides is 1. The second kappa shape index (κ2) is 9.64. The molecule has 0 saturated carbocycles. The zero-order chi connectivity index (χ0) is 21.9. The molecule has 0 aromatic heterocycles. The van der Waals surface area contributed by atoms with E-state index in [9.17, 15) is 18.0 Å². The van der Waals surface area contributed by atoms with E-state index in [4.69, 9.17) is 44.3 Å². The third-order valence-electron chi connectivity index (χ3n) is 4.33. The normalized spacial score (nSPS) is 15.0. The fourth-order valence-electron chi connectivity index (χ4n) is 2.74. The Bertz CT molecular complexity index is 1070. The van der Waals surface area contributed by atoms with Crippen molar-refractivity contribution in [2.24, 2.45) is 0 Å². The highest BCUT2D eigenvalue weighted by molar-refractivity contribution is 7.89. The Morgan fingerprint density at radius 2 is 1.63 bits per heavy atom. The molecule has 0 bridgehead atoms. The molecule has 1 fully saturated rings. The van der Waals surface area contributed by atoms with Crippen LogP contribution in [0.2, 0.25) is 15.1 Å². The minimum Gasteiger partial charge on any atom is -0.454 e. The monoisotopic (exact) mass is 491 g/mol. The molecular formula is C19H16Cl3NO6S. The Hall–Kier alpha value is -1.68. The Morgan fingerprint density at radius 1 is 1.00 bits per heavy atom. The van der Waals surface area contributed by atoms with Crippen LogP contribution in [0.15, 0.2) is 41.3 Å². The molecule has 3 rings (SSSR count). The first kappa shape index (κ1) is 23.0. The molecule has 0 aliphatic carbocycles. The molecule has 30 heavy (non-hydrogen) atoms. The minimum atomic E-state index is -3.97. The molecule has 7 nitrogen and oxygen atoms in total. The van der Waals surface area contributed by atoms with Gasteiger partial charge in [0.25, 0.3) is 0 Å². The Kier molecular flexibility index (Phi) is 7.38. The molecule has 0 amide bonds. The van der Waals surface area contributed by atoms with Crippen LogP contribution in [-0.2, 0) is 19.5 Å². The number of ether oxygens (including phenoxy) is 2. The van der Waals surface area contributed by atoms with Crippen LogP contribution in [0.25, 0.3) is 0 Å². The lowest BCUT2D eigenvalue weighted by atomic mass is 10.1. The molecule has 11 heteroatoms. The lowest BCUT2D eigenvalue weighted by Crippen LogP contribution is -2.40. The number of carbonyl (C=O) groups is 2. The molecule has 160 valence electrons. The summed E-state index contributed by atoms with van der Waals surface area (Å²) in [6.07, 6.45) is 0. The fourth-order valence-corrected chi connectivity index (χ4v) is 5.10. The number of esters is 1. The average molecular weight is 493 g/mol. The van der Waals surface area contributed by atoms with Gasteiger partial charge in [0.1, 0.15) is 4.90 Å². The topological polar surface area (TPSA) is 90.0 Å². The summed E-state index contributed by atoms with van der Waals surface area (Å²) < 4.78 is 37.2. The molecule has 1 heterocycles. The van der Waals surface area contributed by atoms with Gasteiger partial charge in [-0.2, -0.15) is 4.31 Å². The predicted octanol–water partition coefficient (Wildman–Crippen LogP) is 3.71. The van der Waals surface area contributed by atoms with Crippen molar-refractivity contribution in [2.75, 3.05) is 32.9 Å². The number of carbonyl (C=O) groups excluding carboxylic acids is 2. The quantitative estimate of drug-likeness (QED) is 0.451. The number of rotatable bonds is 6. The van der Waals surface area contributed by atoms with E-state index in [0.29, 0.717) is 10.6 Å². The van der Waals surface area contributed by atoms with Crippen LogP contribution in [0.5, 0.6) is 0 Å². The molecule has 1 aliphatic rings. The summed E-state index contributed by atoms with van der Waals surface area (Å²) in [4.78, 5) is 24.4. The number of benzene rings is 2. The van der Waals surface area contributed by atoms with Crippen LogP contribution >= 0.6 is 34.8 Å². The second-order valence-corrected chi connectivity index (χ2v) is 9.44. The van der Waals surface area contributed by atoms with E-state index in [1.807, 2.05) is 0 Å². The van der Waals surface area contributed by atoms with Crippen molar-refractivity contribution in [3.8, 4) is 0 Å². The van der Waals surface area contributed by atoms with E-state index in [2.05, 4.69) is 0 Å². The van der Waals surface area contributed by atoms with Crippen LogP contribution in [0.3, 0.4) is 0 Å². The van der Waals surface area contributed by atoms with Gasteiger partial charge in [-0.05, 0) is 36.4 Å². The summed E-state index contributed by atoms with van der Waals surface area (Å²) in [7, 11) is -3.97. The van der Waals surface area contributed by atoms with E-state index in [1.54, 1.807) is 0 Å². The molecule has 2 aromatic carbocycles. The van der Waals surface area contributed by atoms with Crippen LogP contribution in [0, 0.1) is 0 Å². The van der Waals surface area contributed by atoms with Gasteiger partial charge < -0.3 is 9.47 Å². The van der Waals surface area contributed by atoms with Crippen LogP contribution in [-0.4, -0.2) is 57.4 Å². The van der Waals surface area contributed by atoms with Crippen molar-refractivity contribution < 1.29 is 27.5 Å². The zero-order valence-corrected chi connectivity index (χ0v) is 18.5. The van der Waals surface area contributed by atoms with Crippen molar-refractivity contribution >= 4 is 56.6 Å². The van der Waals surface area contributed by atoms with Gasteiger partial charge in [0.05, 0.1) is 28.8 Å². The van der Waals surface area contributed by atoms with Crippen molar-refractivity contribution in [3.63, 3.8) is 0 Å². The van der Waals surface area contributed by atoms with Crippen molar-refractivity contribution in [2.45, 2.75) is 4.90 Å². The lowest BCUT2D eigenvalue weighted by Gasteiger charge is -2.26. The van der Waals surface area contributed by atoms with E-state index >= 15 is 0 Å². The van der Waals surface area contributed by atoms with E-state index in [0.717, 1.165) is 12.1 Å². The van der Waals surface area contributed by atoms with Gasteiger partial charge in [0, 0.05) is 23.7 Å². The Balaban J connectivity index is 1.80. The highest BCUT2D eigenvalue weighted by atomic mass is 35.5. The third kappa shape index (κ3) is 5.14. The smallest absolute Gasteiger partial charge is 0.340 e. The van der Waals surface area contributed by atoms with Gasteiger partial charge in [-0.3, -0.25) is 4.79 Å². The van der Waals surface area contributed by atoms with Crippen LogP contribution < -0.4 is 0 Å². The largest absolute Gasteiger partial charge is 0.454 e. The van der Waals surface area contributed by atoms with Gasteiger partial charge in [0.2, 0.25) is 10.0 Å². The van der Waals surface area contributed by atoms with E-state index in [1.165, 1.54) is 28.6 Å². The highest BCUT2D eigenvalue weighted by Crippen LogP contribution is 2.31. The van der Waals surface area contributed by atoms with Gasteiger partial charge >= 0.3 is 5.97 Å². The number of ketones is 1. The molecule has 0 radical (unpaired) electrons. The molecule has 0 atom stereocenters. The maximum absolute atomic E-state index is 12.9. The van der Waals surface area contributed by atoms with Crippen molar-refractivity contribution in [1.29, 1.82) is 0 Å². The van der Waals surface area contributed by atoms with Gasteiger partial charge in [-0.1, -0.05) is 34.8 Å². The Morgan fingerprint density at radius 3 is 2.27 bits per heavy atom.